The molecule has 2 aliphatic carbocycles. The first-order valence-corrected chi connectivity index (χ1v) is 35.1. The summed E-state index contributed by atoms with van der Waals surface area (Å²) in [5.41, 5.74) is 17.7. The molecule has 20 rings (SSSR count). The van der Waals surface area contributed by atoms with Gasteiger partial charge in [0.25, 0.3) is 0 Å². The van der Waals surface area contributed by atoms with Gasteiger partial charge in [0.1, 0.15) is 11.5 Å². The van der Waals surface area contributed by atoms with Crippen LogP contribution in [0.3, 0.4) is 0 Å². The molecule has 2 aliphatic rings. The van der Waals surface area contributed by atoms with Gasteiger partial charge in [-0.15, -0.1) is 47.3 Å². The van der Waals surface area contributed by atoms with Crippen LogP contribution in [0.2, 0.25) is 0 Å². The average molecular weight is 1420 g/mol. The minimum atomic E-state index is -0.199. The van der Waals surface area contributed by atoms with E-state index < -0.39 is 0 Å². The van der Waals surface area contributed by atoms with Crippen molar-refractivity contribution in [3.05, 3.63) is 289 Å². The molecule has 0 atom stereocenters. The Labute approximate surface area is 574 Å². The summed E-state index contributed by atoms with van der Waals surface area (Å²) in [6, 6.07) is 97.5. The lowest BCUT2D eigenvalue weighted by atomic mass is 9.80. The molecule has 0 saturated carbocycles. The SMILES string of the molecule is BrB(Br)Br.CC1(C)c2cc3c(cc2-c2cc4c5ccccc5n(-c5ccccc5)c4cc21)c1ccccc1c1cc(O)c2ccccc2c31.COc1cc2c3ccccc3c3cc4c(cc3c2c2ccccc12)C(C)(C)c1cc2c(cc1-4)c1ccccc1n2-c1ccccc1. The van der Waals surface area contributed by atoms with Crippen LogP contribution in [0.4, 0.5) is 0 Å². The zero-order valence-electron chi connectivity index (χ0n) is 52.9. The third kappa shape index (κ3) is 8.56. The quantitative estimate of drug-likeness (QED) is 0.141. The number of phenolic OH excluding ortho intramolecular Hbond substituents is 1. The fourth-order valence-corrected chi connectivity index (χ4v) is 16.8. The average Bonchev–Trinajstić information content (AvgIpc) is 1.65. The molecule has 2 aromatic heterocycles. The van der Waals surface area contributed by atoms with E-state index in [4.69, 9.17) is 4.74 Å². The van der Waals surface area contributed by atoms with E-state index in [2.05, 4.69) is 333 Å². The standard InChI is InChI=1S/C44H31NO.C43H29NO.BBr3/c1-44(2)38-23-36-32(27-15-7-8-16-28(27)37-24-42(46-3)30-18-9-10-19-31(30)43(36)37)21-33(38)34-22-35-29-17-11-12-20-40(29)45(41(35)25-39(34)44)26-13-5-4-6-14-26;1-43(2)37-22-35-31(26-14-6-7-15-27(26)36-23-41(45)29-17-8-9-18-30(29)42(35)36)20-32(37)33-21-34-28-16-10-11-19-39(28)44(40(34)24-38(33)43)25-12-4-3-5-13-25;2-1(3)4/h4-25H,1-3H3;3-24,45H,1-2H3;. The van der Waals surface area contributed by atoms with Crippen molar-refractivity contribution in [3.8, 4) is 45.1 Å². The van der Waals surface area contributed by atoms with Crippen LogP contribution in [0.5, 0.6) is 11.5 Å². The summed E-state index contributed by atoms with van der Waals surface area (Å²) in [4.78, 5) is 0. The van der Waals surface area contributed by atoms with E-state index in [-0.39, 0.29) is 14.0 Å². The number of rotatable bonds is 3. The van der Waals surface area contributed by atoms with Crippen LogP contribution in [-0.2, 0) is 10.8 Å². The Bertz CT molecular complexity index is 6330. The summed E-state index contributed by atoms with van der Waals surface area (Å²) in [6.07, 6.45) is 0. The first-order chi connectivity index (χ1) is 46.3. The van der Waals surface area contributed by atoms with E-state index >= 15 is 0 Å². The first-order valence-electron chi connectivity index (χ1n) is 32.4. The van der Waals surface area contributed by atoms with Gasteiger partial charge in [-0.2, -0.15) is 0 Å². The van der Waals surface area contributed by atoms with Gasteiger partial charge >= 0.3 is 3.18 Å². The number of halogens is 3. The summed E-state index contributed by atoms with van der Waals surface area (Å²) in [5, 5.41) is 35.4. The van der Waals surface area contributed by atoms with Gasteiger partial charge in [-0.05, 0) is 217 Å². The van der Waals surface area contributed by atoms with E-state index in [1.54, 1.807) is 7.11 Å². The number of hydrogen-bond acceptors (Lipinski definition) is 2. The van der Waals surface area contributed by atoms with E-state index in [0.717, 1.165) is 27.3 Å². The molecule has 1 N–H and O–H groups in total. The van der Waals surface area contributed by atoms with Crippen LogP contribution in [-0.4, -0.2) is 24.5 Å². The Morgan fingerprint density at radius 2 is 0.600 bits per heavy atom. The topological polar surface area (TPSA) is 39.3 Å². The van der Waals surface area contributed by atoms with E-state index in [9.17, 15) is 5.11 Å². The highest BCUT2D eigenvalue weighted by Gasteiger charge is 2.39. The smallest absolute Gasteiger partial charge is 0.369 e. The molecule has 0 aliphatic heterocycles. The second-order valence-corrected chi connectivity index (χ2v) is 33.0. The molecule has 0 spiro atoms. The van der Waals surface area contributed by atoms with E-state index in [0.29, 0.717) is 5.75 Å². The van der Waals surface area contributed by atoms with Crippen molar-refractivity contribution in [2.24, 2.45) is 0 Å². The Morgan fingerprint density at radius 3 is 1.02 bits per heavy atom. The molecule has 16 aromatic carbocycles. The number of aromatic nitrogens is 2. The summed E-state index contributed by atoms with van der Waals surface area (Å²) in [7, 11) is 1.78. The fourth-order valence-electron chi connectivity index (χ4n) is 16.8. The van der Waals surface area contributed by atoms with Gasteiger partial charge in [0.05, 0.1) is 29.2 Å². The molecule has 95 heavy (non-hydrogen) atoms. The number of methoxy groups -OCH3 is 1. The van der Waals surface area contributed by atoms with Crippen molar-refractivity contribution in [2.75, 3.05) is 7.11 Å². The van der Waals surface area contributed by atoms with Gasteiger partial charge in [-0.25, -0.2) is 0 Å². The highest BCUT2D eigenvalue weighted by atomic mass is 79.9. The maximum Gasteiger partial charge on any atom is 0.369 e. The molecule has 454 valence electrons. The maximum atomic E-state index is 11.1. The van der Waals surface area contributed by atoms with Crippen LogP contribution in [0.25, 0.3) is 163 Å². The third-order valence-electron chi connectivity index (χ3n) is 21.0. The molecular weight excluding hydrogens is 1360 g/mol. The fraction of sp³-hybridized carbons (Fsp3) is 0.0805. The Balaban J connectivity index is 0.000000132. The molecule has 0 saturated heterocycles. The van der Waals surface area contributed by atoms with Crippen LogP contribution in [0.1, 0.15) is 49.9 Å². The molecule has 8 heteroatoms. The molecule has 0 radical (unpaired) electrons. The number of ether oxygens (including phenoxy) is 1. The second-order valence-electron chi connectivity index (χ2n) is 26.6. The lowest BCUT2D eigenvalue weighted by molar-refractivity contribution is 0.420. The predicted molar refractivity (Wildman–Crippen MR) is 417 cm³/mol. The molecule has 0 fully saturated rings. The highest BCUT2D eigenvalue weighted by Crippen LogP contribution is 2.57. The predicted octanol–water partition coefficient (Wildman–Crippen LogP) is 25.3. The third-order valence-corrected chi connectivity index (χ3v) is 21.0. The largest absolute Gasteiger partial charge is 0.507 e. The molecular formula is C87H60BBr3N2O2. The van der Waals surface area contributed by atoms with Crippen molar-refractivity contribution in [1.82, 2.24) is 9.13 Å². The minimum absolute atomic E-state index is 0.175. The molecule has 4 nitrogen and oxygen atoms in total. The number of nitrogens with zero attached hydrogens (tertiary/aromatic N) is 2. The lowest BCUT2D eigenvalue weighted by Crippen LogP contribution is -2.15. The van der Waals surface area contributed by atoms with Gasteiger partial charge in [0, 0.05) is 54.5 Å². The highest BCUT2D eigenvalue weighted by molar-refractivity contribution is 9.69. The number of phenols is 1. The van der Waals surface area contributed by atoms with Crippen molar-refractivity contribution in [3.63, 3.8) is 0 Å². The van der Waals surface area contributed by atoms with Gasteiger partial charge in [-0.3, -0.25) is 0 Å². The van der Waals surface area contributed by atoms with Gasteiger partial charge in [0.2, 0.25) is 0 Å². The normalized spacial score (nSPS) is 13.5. The molecule has 0 unspecified atom stereocenters. The van der Waals surface area contributed by atoms with Gasteiger partial charge in [0.15, 0.2) is 0 Å². The Kier molecular flexibility index (Phi) is 13.2. The first kappa shape index (κ1) is 57.9. The summed E-state index contributed by atoms with van der Waals surface area (Å²) < 4.78 is 11.1. The second kappa shape index (κ2) is 21.7. The molecule has 0 amide bonds. The number of hydrogen-bond donors (Lipinski definition) is 1. The van der Waals surface area contributed by atoms with Crippen molar-refractivity contribution < 1.29 is 9.84 Å². The van der Waals surface area contributed by atoms with Gasteiger partial charge in [-0.1, -0.05) is 198 Å². The molecule has 2 heterocycles. The van der Waals surface area contributed by atoms with Crippen LogP contribution < -0.4 is 4.74 Å². The number of benzene rings is 16. The number of fused-ring (bicyclic) bond motifs is 28. The lowest BCUT2D eigenvalue weighted by Gasteiger charge is -2.23. The summed E-state index contributed by atoms with van der Waals surface area (Å²) in [5.74, 6) is 1.24. The van der Waals surface area contributed by atoms with E-state index in [1.165, 1.54) is 164 Å². The Hall–Kier alpha value is -9.70. The maximum absolute atomic E-state index is 11.1. The van der Waals surface area contributed by atoms with Crippen LogP contribution in [0.15, 0.2) is 267 Å². The zero-order chi connectivity index (χ0) is 64.3. The summed E-state index contributed by atoms with van der Waals surface area (Å²) >= 11 is 9.31. The molecule has 18 aromatic rings. The van der Waals surface area contributed by atoms with Crippen LogP contribution >= 0.6 is 47.3 Å². The summed E-state index contributed by atoms with van der Waals surface area (Å²) in [6.45, 7) is 9.54. The zero-order valence-corrected chi connectivity index (χ0v) is 57.6. The van der Waals surface area contributed by atoms with E-state index in [1.807, 2.05) is 18.2 Å². The van der Waals surface area contributed by atoms with Crippen molar-refractivity contribution in [1.29, 1.82) is 0 Å². The molecule has 0 bridgehead atoms. The van der Waals surface area contributed by atoms with Gasteiger partial charge < -0.3 is 19.0 Å². The Morgan fingerprint density at radius 1 is 0.295 bits per heavy atom. The van der Waals surface area contributed by atoms with Crippen LogP contribution in [0, 0.1) is 0 Å². The number of aromatic hydroxyl groups is 1. The van der Waals surface area contributed by atoms with Crippen molar-refractivity contribution >= 4 is 180 Å². The monoisotopic (exact) mass is 1410 g/mol. The minimum Gasteiger partial charge on any atom is -0.507 e. The van der Waals surface area contributed by atoms with Crippen molar-refractivity contribution in [2.45, 2.75) is 38.5 Å². The number of para-hydroxylation sites is 4.